The van der Waals surface area contributed by atoms with Crippen LogP contribution in [0.5, 0.6) is 11.5 Å². The van der Waals surface area contributed by atoms with Gasteiger partial charge in [-0.3, -0.25) is 0 Å². The lowest BCUT2D eigenvalue weighted by Gasteiger charge is -2.17. The van der Waals surface area contributed by atoms with Crippen molar-refractivity contribution in [2.75, 3.05) is 26.4 Å². The van der Waals surface area contributed by atoms with Gasteiger partial charge in [0.1, 0.15) is 23.7 Å². The first kappa shape index (κ1) is 37.1. The summed E-state index contributed by atoms with van der Waals surface area (Å²) in [6.45, 7) is 6.17. The first-order valence-electron chi connectivity index (χ1n) is 18.8. The molecule has 2 heterocycles. The SMILES string of the molecule is CCCCCCOc1ccc(-c2ccc(C(=O)O[C@H]3CO[C@H]4[C@@H]3OC[C@H]4OC(=O)c3ccc(-c4ccc(OCCCCCC)cc4)cc3)cc2)cc1. The van der Waals surface area contributed by atoms with Crippen molar-refractivity contribution >= 4 is 11.9 Å². The van der Waals surface area contributed by atoms with E-state index in [9.17, 15) is 9.59 Å². The van der Waals surface area contributed by atoms with Crippen molar-refractivity contribution in [2.24, 2.45) is 0 Å². The second kappa shape index (κ2) is 18.7. The number of fused-ring (bicyclic) bond motifs is 1. The van der Waals surface area contributed by atoms with E-state index in [1.54, 1.807) is 24.3 Å². The Labute approximate surface area is 307 Å². The van der Waals surface area contributed by atoms with Gasteiger partial charge < -0.3 is 28.4 Å². The molecule has 0 N–H and O–H groups in total. The summed E-state index contributed by atoms with van der Waals surface area (Å²) < 4.78 is 35.2. The van der Waals surface area contributed by atoms with Gasteiger partial charge in [0.25, 0.3) is 0 Å². The number of carbonyl (C=O) groups excluding carboxylic acids is 2. The minimum Gasteiger partial charge on any atom is -0.494 e. The highest BCUT2D eigenvalue weighted by Crippen LogP contribution is 2.32. The summed E-state index contributed by atoms with van der Waals surface area (Å²) in [5.74, 6) is 0.798. The lowest BCUT2D eigenvalue weighted by molar-refractivity contribution is -0.0287. The zero-order valence-corrected chi connectivity index (χ0v) is 30.3. The molecule has 2 aliphatic rings. The largest absolute Gasteiger partial charge is 0.494 e. The van der Waals surface area contributed by atoms with E-state index in [4.69, 9.17) is 28.4 Å². The lowest BCUT2D eigenvalue weighted by atomic mass is 10.0. The minimum atomic E-state index is -0.604. The number of hydrogen-bond acceptors (Lipinski definition) is 8. The Kier molecular flexibility index (Phi) is 13.4. The molecule has 4 atom stereocenters. The van der Waals surface area contributed by atoms with Crippen LogP contribution in [0.25, 0.3) is 22.3 Å². The zero-order valence-electron chi connectivity index (χ0n) is 30.3. The first-order chi connectivity index (χ1) is 25.5. The number of hydrogen-bond donors (Lipinski definition) is 0. The molecule has 4 aromatic carbocycles. The molecule has 0 saturated carbocycles. The predicted octanol–water partition coefficient (Wildman–Crippen LogP) is 9.49. The summed E-state index contributed by atoms with van der Waals surface area (Å²) >= 11 is 0. The number of ether oxygens (including phenoxy) is 6. The summed E-state index contributed by atoms with van der Waals surface area (Å²) in [5, 5.41) is 0. The molecule has 0 bridgehead atoms. The van der Waals surface area contributed by atoms with E-state index < -0.39 is 36.4 Å². The fourth-order valence-corrected chi connectivity index (χ4v) is 6.56. The molecule has 52 heavy (non-hydrogen) atoms. The maximum absolute atomic E-state index is 13.1. The molecule has 0 amide bonds. The zero-order chi connectivity index (χ0) is 36.1. The number of esters is 2. The summed E-state index contributed by atoms with van der Waals surface area (Å²) in [7, 11) is 0. The van der Waals surface area contributed by atoms with Gasteiger partial charge in [0.15, 0.2) is 12.2 Å². The Morgan fingerprint density at radius 2 is 0.846 bits per heavy atom. The molecule has 0 spiro atoms. The molecule has 4 aromatic rings. The van der Waals surface area contributed by atoms with Crippen LogP contribution >= 0.6 is 0 Å². The van der Waals surface area contributed by atoms with Gasteiger partial charge in [-0.2, -0.15) is 0 Å². The monoisotopic (exact) mass is 706 g/mol. The van der Waals surface area contributed by atoms with E-state index in [2.05, 4.69) is 13.8 Å². The standard InChI is InChI=1S/C44H50O8/c1-3-5-7-9-27-47-37-23-19-33(20-24-37)31-11-15-35(16-12-31)43(45)51-39-29-49-42-40(30-50-41(39)42)52-44(46)36-17-13-32(14-18-36)34-21-25-38(26-22-34)48-28-10-8-6-4-2/h11-26,39-42H,3-10,27-30H2,1-2H3/t39-,40+,41-,42-/m1/s1. The van der Waals surface area contributed by atoms with E-state index in [0.717, 1.165) is 59.8 Å². The van der Waals surface area contributed by atoms with Crippen molar-refractivity contribution in [3.63, 3.8) is 0 Å². The van der Waals surface area contributed by atoms with Crippen molar-refractivity contribution in [2.45, 2.75) is 89.6 Å². The van der Waals surface area contributed by atoms with E-state index >= 15 is 0 Å². The number of benzene rings is 4. The molecule has 0 unspecified atom stereocenters. The highest BCUT2D eigenvalue weighted by atomic mass is 16.7. The molecule has 0 aromatic heterocycles. The molecule has 6 rings (SSSR count). The van der Waals surface area contributed by atoms with Crippen LogP contribution in [-0.4, -0.2) is 62.8 Å². The van der Waals surface area contributed by atoms with Crippen LogP contribution in [0.2, 0.25) is 0 Å². The highest BCUT2D eigenvalue weighted by molar-refractivity contribution is 5.91. The second-order valence-electron chi connectivity index (χ2n) is 13.5. The van der Waals surface area contributed by atoms with Crippen LogP contribution in [0.3, 0.4) is 0 Å². The topological polar surface area (TPSA) is 89.5 Å². The third-order valence-electron chi connectivity index (χ3n) is 9.63. The van der Waals surface area contributed by atoms with Crippen LogP contribution in [0, 0.1) is 0 Å². The van der Waals surface area contributed by atoms with Crippen molar-refractivity contribution < 1.29 is 38.0 Å². The van der Waals surface area contributed by atoms with Crippen molar-refractivity contribution in [3.05, 3.63) is 108 Å². The second-order valence-corrected chi connectivity index (χ2v) is 13.5. The molecular formula is C44H50O8. The maximum atomic E-state index is 13.1. The summed E-state index contributed by atoms with van der Waals surface area (Å²) in [4.78, 5) is 26.1. The third-order valence-corrected chi connectivity index (χ3v) is 9.63. The molecule has 2 saturated heterocycles. The molecule has 0 aliphatic carbocycles. The quantitative estimate of drug-likeness (QED) is 0.0747. The predicted molar refractivity (Wildman–Crippen MR) is 201 cm³/mol. The van der Waals surface area contributed by atoms with E-state index in [0.29, 0.717) is 11.1 Å². The van der Waals surface area contributed by atoms with Gasteiger partial charge in [0.2, 0.25) is 0 Å². The minimum absolute atomic E-state index is 0.164. The van der Waals surface area contributed by atoms with E-state index in [-0.39, 0.29) is 13.2 Å². The maximum Gasteiger partial charge on any atom is 0.338 e. The van der Waals surface area contributed by atoms with Gasteiger partial charge in [0, 0.05) is 0 Å². The Morgan fingerprint density at radius 3 is 1.19 bits per heavy atom. The fourth-order valence-electron chi connectivity index (χ4n) is 6.56. The normalized spacial score (nSPS) is 19.2. The highest BCUT2D eigenvalue weighted by Gasteiger charge is 2.51. The Hall–Kier alpha value is -4.66. The molecule has 8 nitrogen and oxygen atoms in total. The van der Waals surface area contributed by atoms with Crippen LogP contribution in [0.1, 0.15) is 85.9 Å². The Bertz CT molecular complexity index is 1570. The van der Waals surface area contributed by atoms with E-state index in [1.165, 1.54) is 38.5 Å². The Morgan fingerprint density at radius 1 is 0.500 bits per heavy atom. The van der Waals surface area contributed by atoms with Gasteiger partial charge in [-0.25, -0.2) is 9.59 Å². The number of unbranched alkanes of at least 4 members (excludes halogenated alkanes) is 6. The number of carbonyl (C=O) groups is 2. The summed E-state index contributed by atoms with van der Waals surface area (Å²) in [6.07, 6.45) is 7.13. The van der Waals surface area contributed by atoms with Crippen molar-refractivity contribution in [1.82, 2.24) is 0 Å². The fraction of sp³-hybridized carbons (Fsp3) is 0.409. The van der Waals surface area contributed by atoms with Crippen LogP contribution in [-0.2, 0) is 18.9 Å². The Balaban J connectivity index is 0.951. The molecule has 2 fully saturated rings. The summed E-state index contributed by atoms with van der Waals surface area (Å²) in [5.41, 5.74) is 4.91. The third kappa shape index (κ3) is 9.81. The molecular weight excluding hydrogens is 656 g/mol. The molecule has 274 valence electrons. The van der Waals surface area contributed by atoms with Crippen LogP contribution in [0.4, 0.5) is 0 Å². The van der Waals surface area contributed by atoms with Gasteiger partial charge in [0.05, 0.1) is 37.6 Å². The smallest absolute Gasteiger partial charge is 0.338 e. The van der Waals surface area contributed by atoms with Crippen molar-refractivity contribution in [3.8, 4) is 33.8 Å². The van der Waals surface area contributed by atoms with Gasteiger partial charge >= 0.3 is 11.9 Å². The molecule has 2 aliphatic heterocycles. The summed E-state index contributed by atoms with van der Waals surface area (Å²) in [6, 6.07) is 30.6. The van der Waals surface area contributed by atoms with E-state index in [1.807, 2.05) is 72.8 Å². The van der Waals surface area contributed by atoms with Crippen molar-refractivity contribution in [1.29, 1.82) is 0 Å². The lowest BCUT2D eigenvalue weighted by Crippen LogP contribution is -2.36. The molecule has 8 heteroatoms. The van der Waals surface area contributed by atoms with Gasteiger partial charge in [-0.05, 0) is 83.6 Å². The molecule has 0 radical (unpaired) electrons. The first-order valence-corrected chi connectivity index (χ1v) is 18.8. The van der Waals surface area contributed by atoms with Gasteiger partial charge in [-0.15, -0.1) is 0 Å². The van der Waals surface area contributed by atoms with Crippen LogP contribution in [0.15, 0.2) is 97.1 Å². The van der Waals surface area contributed by atoms with Gasteiger partial charge in [-0.1, -0.05) is 101 Å². The average Bonchev–Trinajstić information content (AvgIpc) is 3.78. The van der Waals surface area contributed by atoms with Crippen LogP contribution < -0.4 is 9.47 Å². The average molecular weight is 707 g/mol. The number of rotatable bonds is 18.